The highest BCUT2D eigenvalue weighted by Gasteiger charge is 2.13. The van der Waals surface area contributed by atoms with E-state index >= 15 is 0 Å². The van der Waals surface area contributed by atoms with E-state index in [2.05, 4.69) is 21.2 Å². The van der Waals surface area contributed by atoms with E-state index < -0.39 is 11.8 Å². The summed E-state index contributed by atoms with van der Waals surface area (Å²) in [6.07, 6.45) is 0. The second kappa shape index (κ2) is 5.92. The van der Waals surface area contributed by atoms with Gasteiger partial charge in [0.1, 0.15) is 5.82 Å². The van der Waals surface area contributed by atoms with Crippen LogP contribution in [-0.2, 0) is 4.74 Å². The van der Waals surface area contributed by atoms with Gasteiger partial charge < -0.3 is 15.8 Å². The lowest BCUT2D eigenvalue weighted by Gasteiger charge is -2.12. The van der Waals surface area contributed by atoms with Gasteiger partial charge in [0.25, 0.3) is 0 Å². The van der Waals surface area contributed by atoms with Crippen LogP contribution in [0.1, 0.15) is 10.4 Å². The van der Waals surface area contributed by atoms with Crippen LogP contribution < -0.4 is 11.1 Å². The topological polar surface area (TPSA) is 64.3 Å². The largest absolute Gasteiger partial charge is 0.465 e. The summed E-state index contributed by atoms with van der Waals surface area (Å²) in [5.41, 5.74) is 7.39. The average Bonchev–Trinajstić information content (AvgIpc) is 2.44. The zero-order chi connectivity index (χ0) is 14.7. The predicted octanol–water partition coefficient (Wildman–Crippen LogP) is 3.70. The van der Waals surface area contributed by atoms with Crippen molar-refractivity contribution in [2.24, 2.45) is 0 Å². The summed E-state index contributed by atoms with van der Waals surface area (Å²) in [6, 6.07) is 9.37. The van der Waals surface area contributed by atoms with Crippen LogP contribution in [0.3, 0.4) is 0 Å². The van der Waals surface area contributed by atoms with Crippen molar-refractivity contribution in [3.05, 3.63) is 52.3 Å². The highest BCUT2D eigenvalue weighted by Crippen LogP contribution is 2.26. The molecule has 0 saturated heterocycles. The summed E-state index contributed by atoms with van der Waals surface area (Å²) in [5.74, 6) is -0.914. The lowest BCUT2D eigenvalue weighted by Crippen LogP contribution is -2.06. The maximum Gasteiger partial charge on any atom is 0.340 e. The Balaban J connectivity index is 2.37. The number of ether oxygens (including phenoxy) is 1. The minimum atomic E-state index is -0.516. The summed E-state index contributed by atoms with van der Waals surface area (Å²) in [6.45, 7) is 0. The van der Waals surface area contributed by atoms with Crippen molar-refractivity contribution in [2.75, 3.05) is 18.2 Å². The van der Waals surface area contributed by atoms with Crippen molar-refractivity contribution in [3.8, 4) is 0 Å². The summed E-state index contributed by atoms with van der Waals surface area (Å²) < 4.78 is 18.5. The normalized spacial score (nSPS) is 10.2. The van der Waals surface area contributed by atoms with Gasteiger partial charge in [-0.3, -0.25) is 0 Å². The lowest BCUT2D eigenvalue weighted by molar-refractivity contribution is 0.0602. The maximum absolute atomic E-state index is 13.5. The van der Waals surface area contributed by atoms with E-state index in [1.165, 1.54) is 19.2 Å². The molecule has 0 amide bonds. The van der Waals surface area contributed by atoms with Crippen molar-refractivity contribution in [1.29, 1.82) is 0 Å². The van der Waals surface area contributed by atoms with E-state index in [9.17, 15) is 9.18 Å². The van der Waals surface area contributed by atoms with Gasteiger partial charge in [-0.25, -0.2) is 9.18 Å². The van der Waals surface area contributed by atoms with Crippen LogP contribution in [-0.4, -0.2) is 13.1 Å². The lowest BCUT2D eigenvalue weighted by atomic mass is 10.1. The van der Waals surface area contributed by atoms with Crippen LogP contribution >= 0.6 is 15.9 Å². The number of esters is 1. The minimum Gasteiger partial charge on any atom is -0.465 e. The first kappa shape index (κ1) is 14.3. The monoisotopic (exact) mass is 338 g/mol. The van der Waals surface area contributed by atoms with Crippen LogP contribution in [0.4, 0.5) is 21.5 Å². The Morgan fingerprint density at radius 2 is 2.05 bits per heavy atom. The molecule has 4 nitrogen and oxygen atoms in total. The first-order valence-corrected chi connectivity index (χ1v) is 6.50. The number of hydrogen-bond donors (Lipinski definition) is 2. The zero-order valence-corrected chi connectivity index (χ0v) is 12.2. The number of methoxy groups -OCH3 is 1. The quantitative estimate of drug-likeness (QED) is 0.661. The highest BCUT2D eigenvalue weighted by molar-refractivity contribution is 9.10. The molecule has 0 aliphatic carbocycles. The van der Waals surface area contributed by atoms with Crippen LogP contribution in [0.15, 0.2) is 40.9 Å². The molecule has 0 radical (unpaired) electrons. The first-order chi connectivity index (χ1) is 9.51. The van der Waals surface area contributed by atoms with Crippen molar-refractivity contribution < 1.29 is 13.9 Å². The molecular weight excluding hydrogens is 327 g/mol. The van der Waals surface area contributed by atoms with Crippen LogP contribution in [0, 0.1) is 5.82 Å². The van der Waals surface area contributed by atoms with Gasteiger partial charge in [0, 0.05) is 11.4 Å². The smallest absolute Gasteiger partial charge is 0.340 e. The molecule has 0 heterocycles. The molecule has 104 valence electrons. The summed E-state index contributed by atoms with van der Waals surface area (Å²) in [4.78, 5) is 11.7. The number of carbonyl (C=O) groups excluding carboxylic acids is 1. The molecule has 0 spiro atoms. The number of halogens is 2. The van der Waals surface area contributed by atoms with Gasteiger partial charge in [0.15, 0.2) is 0 Å². The minimum absolute atomic E-state index is 0.288. The highest BCUT2D eigenvalue weighted by atomic mass is 79.9. The Kier molecular flexibility index (Phi) is 4.24. The number of nitrogen functional groups attached to an aromatic ring is 1. The number of rotatable bonds is 3. The molecule has 0 aliphatic rings. The Morgan fingerprint density at radius 1 is 1.30 bits per heavy atom. The second-order valence-corrected chi connectivity index (χ2v) is 4.90. The summed E-state index contributed by atoms with van der Waals surface area (Å²) in [5, 5.41) is 2.97. The number of hydrogen-bond acceptors (Lipinski definition) is 4. The molecule has 0 aliphatic heterocycles. The first-order valence-electron chi connectivity index (χ1n) is 5.71. The fourth-order valence-corrected chi connectivity index (χ4v) is 1.93. The van der Waals surface area contributed by atoms with E-state index in [0.717, 1.165) is 0 Å². The average molecular weight is 339 g/mol. The number of benzene rings is 2. The van der Waals surface area contributed by atoms with Gasteiger partial charge in [-0.2, -0.15) is 0 Å². The fourth-order valence-electron chi connectivity index (χ4n) is 1.68. The van der Waals surface area contributed by atoms with Gasteiger partial charge in [0.05, 0.1) is 22.8 Å². The van der Waals surface area contributed by atoms with Crippen LogP contribution in [0.5, 0.6) is 0 Å². The molecule has 20 heavy (non-hydrogen) atoms. The second-order valence-electron chi connectivity index (χ2n) is 4.05. The Labute approximate surface area is 123 Å². The maximum atomic E-state index is 13.5. The number of anilines is 3. The van der Waals surface area contributed by atoms with E-state index in [1.807, 2.05) is 0 Å². The van der Waals surface area contributed by atoms with E-state index in [-0.39, 0.29) is 5.56 Å². The van der Waals surface area contributed by atoms with Crippen LogP contribution in [0.2, 0.25) is 0 Å². The molecule has 0 aromatic heterocycles. The van der Waals surface area contributed by atoms with E-state index in [1.54, 1.807) is 24.3 Å². The molecule has 2 rings (SSSR count). The van der Waals surface area contributed by atoms with Crippen molar-refractivity contribution in [2.45, 2.75) is 0 Å². The molecule has 0 atom stereocenters. The Morgan fingerprint density at radius 3 is 2.70 bits per heavy atom. The zero-order valence-electron chi connectivity index (χ0n) is 10.6. The molecule has 0 fully saturated rings. The third-order valence-electron chi connectivity index (χ3n) is 2.65. The molecular formula is C14H12BrFN2O2. The van der Waals surface area contributed by atoms with Gasteiger partial charge in [0.2, 0.25) is 0 Å². The van der Waals surface area contributed by atoms with Crippen LogP contribution in [0.25, 0.3) is 0 Å². The number of nitrogens with one attached hydrogen (secondary N) is 1. The van der Waals surface area contributed by atoms with Crippen molar-refractivity contribution in [3.63, 3.8) is 0 Å². The molecule has 0 saturated carbocycles. The third kappa shape index (κ3) is 3.08. The standard InChI is InChI=1S/C14H12BrFN2O2/c1-20-14(19)10-6-8(17)2-5-13(10)18-9-3-4-11(15)12(16)7-9/h2-7,18H,17H2,1H3. The summed E-state index contributed by atoms with van der Waals surface area (Å²) in [7, 11) is 1.29. The molecule has 2 aromatic rings. The van der Waals surface area contributed by atoms with Gasteiger partial charge in [-0.05, 0) is 52.3 Å². The van der Waals surface area contributed by atoms with Gasteiger partial charge in [-0.15, -0.1) is 0 Å². The molecule has 0 bridgehead atoms. The Hall–Kier alpha value is -2.08. The summed E-state index contributed by atoms with van der Waals surface area (Å²) >= 11 is 3.08. The van der Waals surface area contributed by atoms with E-state index in [4.69, 9.17) is 10.5 Å². The Bertz CT molecular complexity index is 662. The number of nitrogens with two attached hydrogens (primary N) is 1. The van der Waals surface area contributed by atoms with E-state index in [0.29, 0.717) is 21.5 Å². The van der Waals surface area contributed by atoms with Crippen molar-refractivity contribution in [1.82, 2.24) is 0 Å². The molecule has 3 N–H and O–H groups in total. The van der Waals surface area contributed by atoms with Crippen molar-refractivity contribution >= 4 is 39.0 Å². The fraction of sp³-hybridized carbons (Fsp3) is 0.0714. The predicted molar refractivity (Wildman–Crippen MR) is 79.6 cm³/mol. The third-order valence-corrected chi connectivity index (χ3v) is 3.29. The molecule has 0 unspecified atom stereocenters. The number of carbonyl (C=O) groups is 1. The molecule has 2 aromatic carbocycles. The SMILES string of the molecule is COC(=O)c1cc(N)ccc1Nc1ccc(Br)c(F)c1. The van der Waals surface area contributed by atoms with Gasteiger partial charge in [-0.1, -0.05) is 0 Å². The molecule has 6 heteroatoms. The van der Waals surface area contributed by atoms with Gasteiger partial charge >= 0.3 is 5.97 Å².